The highest BCUT2D eigenvalue weighted by atomic mass is 31.1. The van der Waals surface area contributed by atoms with Gasteiger partial charge in [-0.2, -0.15) is 0 Å². The standard InChI is InChI=1S/C58H43N2O2P/c1-37-51(40-22-11-5-12-23-40)35-45(36-52(37)41-24-13-6-14-25-41)47-27-16-29-49-48-28-15-26-46(44-33-42(38-18-7-3-8-19-38)32-43(34-44)39-20-9-4-10-21-39)55(48)59(56(47)49)53-31-17-30-50-54(53)58(62)60(63-2)57(50)61/h3-37,51,63H,1-2H3. The van der Waals surface area contributed by atoms with Crippen molar-refractivity contribution in [3.8, 4) is 39.1 Å². The second-order valence-corrected chi connectivity index (χ2v) is 17.3. The molecule has 8 aromatic carbocycles. The molecule has 63 heavy (non-hydrogen) atoms. The number of hydrogen-bond donors (Lipinski definition) is 0. The lowest BCUT2D eigenvalue weighted by molar-refractivity contribution is 0.0773. The van der Waals surface area contributed by atoms with Crippen LogP contribution in [0.3, 0.4) is 0 Å². The summed E-state index contributed by atoms with van der Waals surface area (Å²) in [4.78, 5) is 28.4. The summed E-state index contributed by atoms with van der Waals surface area (Å²) < 4.78 is 3.69. The molecular formula is C58H43N2O2P. The Hall–Kier alpha value is -7.39. The smallest absolute Gasteiger partial charge is 0.266 e. The van der Waals surface area contributed by atoms with Gasteiger partial charge in [-0.15, -0.1) is 0 Å². The van der Waals surface area contributed by atoms with Crippen LogP contribution in [0.1, 0.15) is 50.2 Å². The van der Waals surface area contributed by atoms with E-state index in [2.05, 4.69) is 200 Å². The highest BCUT2D eigenvalue weighted by Gasteiger charge is 2.38. The summed E-state index contributed by atoms with van der Waals surface area (Å²) >= 11 is 0. The quantitative estimate of drug-likeness (QED) is 0.113. The van der Waals surface area contributed by atoms with E-state index in [9.17, 15) is 9.59 Å². The van der Waals surface area contributed by atoms with Crippen LogP contribution in [0.15, 0.2) is 206 Å². The van der Waals surface area contributed by atoms with Crippen molar-refractivity contribution in [3.05, 3.63) is 234 Å². The van der Waals surface area contributed by atoms with Gasteiger partial charge >= 0.3 is 0 Å². The van der Waals surface area contributed by atoms with Crippen molar-refractivity contribution in [2.75, 3.05) is 6.66 Å². The lowest BCUT2D eigenvalue weighted by Crippen LogP contribution is -2.20. The molecule has 0 bridgehead atoms. The molecule has 0 N–H and O–H groups in total. The summed E-state index contributed by atoms with van der Waals surface area (Å²) in [5.74, 6) is -0.170. The Labute approximate surface area is 369 Å². The summed E-state index contributed by atoms with van der Waals surface area (Å²) in [5, 5.41) is 2.14. The van der Waals surface area contributed by atoms with Crippen LogP contribution in [0.5, 0.6) is 0 Å². The summed E-state index contributed by atoms with van der Waals surface area (Å²) in [5.41, 5.74) is 16.0. The van der Waals surface area contributed by atoms with E-state index < -0.39 is 0 Å². The summed E-state index contributed by atoms with van der Waals surface area (Å²) in [6, 6.07) is 68.3. The number of aromatic nitrogens is 1. The Bertz CT molecular complexity index is 3260. The zero-order chi connectivity index (χ0) is 42.6. The number of amides is 2. The van der Waals surface area contributed by atoms with Gasteiger partial charge in [0.15, 0.2) is 0 Å². The second-order valence-electron chi connectivity index (χ2n) is 16.5. The van der Waals surface area contributed by atoms with Crippen molar-refractivity contribution < 1.29 is 9.59 Å². The molecule has 9 aromatic rings. The first kappa shape index (κ1) is 38.5. The molecule has 1 aliphatic heterocycles. The van der Waals surface area contributed by atoms with Gasteiger partial charge in [-0.05, 0) is 102 Å². The number of rotatable bonds is 8. The number of fused-ring (bicyclic) bond motifs is 4. The molecule has 302 valence electrons. The fraction of sp³-hybridized carbons (Fsp3) is 0.0690. The van der Waals surface area contributed by atoms with Gasteiger partial charge in [0.25, 0.3) is 11.8 Å². The third-order valence-corrected chi connectivity index (χ3v) is 13.8. The maximum atomic E-state index is 14.5. The van der Waals surface area contributed by atoms with E-state index in [-0.39, 0.29) is 32.4 Å². The molecular weight excluding hydrogens is 788 g/mol. The van der Waals surface area contributed by atoms with Crippen LogP contribution in [0.25, 0.3) is 72.0 Å². The Morgan fingerprint density at radius 3 is 1.59 bits per heavy atom. The van der Waals surface area contributed by atoms with Gasteiger partial charge in [-0.3, -0.25) is 14.3 Å². The predicted octanol–water partition coefficient (Wildman–Crippen LogP) is 14.5. The zero-order valence-corrected chi connectivity index (χ0v) is 36.0. The van der Waals surface area contributed by atoms with E-state index in [1.54, 1.807) is 6.07 Å². The highest BCUT2D eigenvalue weighted by molar-refractivity contribution is 7.36. The molecule has 2 heterocycles. The maximum Gasteiger partial charge on any atom is 0.266 e. The van der Waals surface area contributed by atoms with Crippen molar-refractivity contribution in [3.63, 3.8) is 0 Å². The van der Waals surface area contributed by atoms with Crippen molar-refractivity contribution in [2.24, 2.45) is 5.92 Å². The Morgan fingerprint density at radius 2 is 0.984 bits per heavy atom. The van der Waals surface area contributed by atoms with Crippen LogP contribution in [-0.2, 0) is 0 Å². The van der Waals surface area contributed by atoms with Crippen LogP contribution >= 0.6 is 8.73 Å². The van der Waals surface area contributed by atoms with Crippen molar-refractivity contribution >= 4 is 53.5 Å². The SMILES string of the molecule is CPN1C(=O)c2cccc(-n3c4c(C5=CC(c6ccccc6)C(C)C(c6ccccc6)=C5)cccc4c4cccc(-c5cc(-c6ccccc6)cc(-c6ccccc6)c5)c43)c2C1=O. The van der Waals surface area contributed by atoms with Crippen molar-refractivity contribution in [2.45, 2.75) is 12.8 Å². The Kier molecular flexibility index (Phi) is 9.67. The number of carbonyl (C=O) groups excluding carboxylic acids is 2. The Balaban J connectivity index is 1.25. The van der Waals surface area contributed by atoms with Crippen LogP contribution in [0, 0.1) is 5.92 Å². The van der Waals surface area contributed by atoms with Crippen LogP contribution in [0.2, 0.25) is 0 Å². The monoisotopic (exact) mass is 830 g/mol. The van der Waals surface area contributed by atoms with E-state index in [1.165, 1.54) is 21.4 Å². The molecule has 11 rings (SSSR count). The lowest BCUT2D eigenvalue weighted by atomic mass is 9.74. The summed E-state index contributed by atoms with van der Waals surface area (Å²) in [6.07, 6.45) is 4.81. The summed E-state index contributed by atoms with van der Waals surface area (Å²) in [6.45, 7) is 4.22. The molecule has 4 nitrogen and oxygen atoms in total. The Morgan fingerprint density at radius 1 is 0.476 bits per heavy atom. The third kappa shape index (κ3) is 6.49. The molecule has 0 spiro atoms. The van der Waals surface area contributed by atoms with E-state index in [0.29, 0.717) is 16.8 Å². The van der Waals surface area contributed by atoms with E-state index >= 15 is 0 Å². The molecule has 1 aromatic heterocycles. The van der Waals surface area contributed by atoms with Crippen molar-refractivity contribution in [1.82, 2.24) is 9.24 Å². The number of para-hydroxylation sites is 2. The third-order valence-electron chi connectivity index (χ3n) is 12.9. The largest absolute Gasteiger partial charge is 0.307 e. The second kappa shape index (κ2) is 15.8. The maximum absolute atomic E-state index is 14.5. The summed E-state index contributed by atoms with van der Waals surface area (Å²) in [7, 11) is 0.0103. The van der Waals surface area contributed by atoms with Gasteiger partial charge in [0.05, 0.1) is 27.8 Å². The number of imide groups is 1. The van der Waals surface area contributed by atoms with Crippen LogP contribution in [0.4, 0.5) is 0 Å². The topological polar surface area (TPSA) is 42.3 Å². The minimum atomic E-state index is -0.255. The zero-order valence-electron chi connectivity index (χ0n) is 35.0. The fourth-order valence-corrected chi connectivity index (χ4v) is 10.6. The predicted molar refractivity (Wildman–Crippen MR) is 263 cm³/mol. The van der Waals surface area contributed by atoms with Gasteiger partial charge in [0.2, 0.25) is 0 Å². The number of nitrogens with zero attached hydrogens (tertiary/aromatic N) is 2. The first-order valence-electron chi connectivity index (χ1n) is 21.5. The van der Waals surface area contributed by atoms with Crippen LogP contribution < -0.4 is 0 Å². The molecule has 0 saturated heterocycles. The van der Waals surface area contributed by atoms with Gasteiger partial charge < -0.3 is 4.57 Å². The first-order valence-corrected chi connectivity index (χ1v) is 23.0. The van der Waals surface area contributed by atoms with E-state index in [1.807, 2.05) is 18.8 Å². The van der Waals surface area contributed by atoms with Gasteiger partial charge in [-0.25, -0.2) is 0 Å². The van der Waals surface area contributed by atoms with E-state index in [4.69, 9.17) is 0 Å². The average molecular weight is 831 g/mol. The highest BCUT2D eigenvalue weighted by Crippen LogP contribution is 2.48. The van der Waals surface area contributed by atoms with Crippen molar-refractivity contribution in [1.29, 1.82) is 0 Å². The normalized spacial score (nSPS) is 16.3. The molecule has 0 radical (unpaired) electrons. The average Bonchev–Trinajstić information content (AvgIpc) is 3.82. The van der Waals surface area contributed by atoms with E-state index in [0.717, 1.165) is 66.3 Å². The van der Waals surface area contributed by atoms with Crippen LogP contribution in [-0.4, -0.2) is 27.7 Å². The minimum Gasteiger partial charge on any atom is -0.307 e. The molecule has 2 amide bonds. The van der Waals surface area contributed by atoms with Gasteiger partial charge in [-0.1, -0.05) is 183 Å². The molecule has 3 atom stereocenters. The minimum absolute atomic E-state index is 0.0103. The fourth-order valence-electron chi connectivity index (χ4n) is 9.94. The number of hydrogen-bond acceptors (Lipinski definition) is 2. The number of allylic oxidation sites excluding steroid dienone is 4. The molecule has 0 saturated carbocycles. The lowest BCUT2D eigenvalue weighted by Gasteiger charge is -2.30. The number of benzene rings is 8. The number of carbonyl (C=O) groups is 2. The molecule has 5 heteroatoms. The van der Waals surface area contributed by atoms with Gasteiger partial charge in [0.1, 0.15) is 0 Å². The van der Waals surface area contributed by atoms with Gasteiger partial charge in [0, 0.05) is 27.8 Å². The first-order chi connectivity index (χ1) is 31.0. The molecule has 3 unspecified atom stereocenters. The molecule has 1 aliphatic carbocycles. The molecule has 0 fully saturated rings. The molecule has 2 aliphatic rings.